The summed E-state index contributed by atoms with van der Waals surface area (Å²) in [6.45, 7) is 2.05. The summed E-state index contributed by atoms with van der Waals surface area (Å²) in [6.07, 6.45) is 1.59. The van der Waals surface area contributed by atoms with E-state index in [1.165, 1.54) is 5.56 Å². The number of hydrogen-bond donors (Lipinski definition) is 0. The van der Waals surface area contributed by atoms with Crippen molar-refractivity contribution in [3.63, 3.8) is 0 Å². The van der Waals surface area contributed by atoms with E-state index in [1.54, 1.807) is 17.7 Å². The van der Waals surface area contributed by atoms with Gasteiger partial charge < -0.3 is 4.90 Å². The molecule has 0 saturated heterocycles. The van der Waals surface area contributed by atoms with Crippen LogP contribution in [0.3, 0.4) is 0 Å². The van der Waals surface area contributed by atoms with Crippen LogP contribution in [0.1, 0.15) is 11.1 Å². The molecule has 3 rings (SSSR count). The summed E-state index contributed by atoms with van der Waals surface area (Å²) in [5, 5.41) is 10.9. The first-order valence-electron chi connectivity index (χ1n) is 6.13. The number of hydrogen-bond acceptors (Lipinski definition) is 5. The van der Waals surface area contributed by atoms with Gasteiger partial charge in [-0.15, -0.1) is 11.3 Å². The van der Waals surface area contributed by atoms with E-state index in [0.29, 0.717) is 5.56 Å². The number of aromatic nitrogens is 2. The van der Waals surface area contributed by atoms with Crippen molar-refractivity contribution in [1.29, 1.82) is 5.26 Å². The molecule has 2 aromatic heterocycles. The Morgan fingerprint density at radius 3 is 2.65 bits per heavy atom. The zero-order valence-electron chi connectivity index (χ0n) is 11.2. The molecule has 0 fully saturated rings. The molecule has 0 unspecified atom stereocenters. The Kier molecular flexibility index (Phi) is 3.09. The maximum absolute atomic E-state index is 8.85. The van der Waals surface area contributed by atoms with Gasteiger partial charge in [-0.1, -0.05) is 0 Å². The molecule has 0 saturated carbocycles. The van der Waals surface area contributed by atoms with E-state index in [0.717, 1.165) is 21.7 Å². The van der Waals surface area contributed by atoms with Gasteiger partial charge >= 0.3 is 0 Å². The number of aryl methyl sites for hydroxylation is 1. The van der Waals surface area contributed by atoms with Gasteiger partial charge in [0.15, 0.2) is 5.82 Å². The topological polar surface area (TPSA) is 52.8 Å². The van der Waals surface area contributed by atoms with Crippen LogP contribution in [-0.2, 0) is 0 Å². The van der Waals surface area contributed by atoms with E-state index >= 15 is 0 Å². The van der Waals surface area contributed by atoms with Crippen LogP contribution in [0.15, 0.2) is 36.0 Å². The lowest BCUT2D eigenvalue weighted by atomic mass is 10.2. The minimum Gasteiger partial charge on any atom is -0.328 e. The Labute approximate surface area is 120 Å². The van der Waals surface area contributed by atoms with E-state index in [9.17, 15) is 0 Å². The predicted molar refractivity (Wildman–Crippen MR) is 81.4 cm³/mol. The number of benzene rings is 1. The van der Waals surface area contributed by atoms with Gasteiger partial charge in [-0.2, -0.15) is 5.26 Å². The molecule has 0 aliphatic heterocycles. The van der Waals surface area contributed by atoms with Crippen LogP contribution in [0.4, 0.5) is 11.5 Å². The zero-order valence-corrected chi connectivity index (χ0v) is 12.0. The van der Waals surface area contributed by atoms with Crippen LogP contribution < -0.4 is 4.90 Å². The van der Waals surface area contributed by atoms with Crippen LogP contribution in [0.25, 0.3) is 10.2 Å². The van der Waals surface area contributed by atoms with Crippen molar-refractivity contribution in [2.75, 3.05) is 11.9 Å². The molecule has 5 heteroatoms. The van der Waals surface area contributed by atoms with Crippen molar-refractivity contribution in [3.8, 4) is 6.07 Å². The van der Waals surface area contributed by atoms with Crippen LogP contribution in [0.2, 0.25) is 0 Å². The quantitative estimate of drug-likeness (QED) is 0.719. The molecule has 98 valence electrons. The van der Waals surface area contributed by atoms with E-state index in [4.69, 9.17) is 5.26 Å². The normalized spacial score (nSPS) is 10.4. The van der Waals surface area contributed by atoms with E-state index in [2.05, 4.69) is 28.3 Å². The predicted octanol–water partition coefficient (Wildman–Crippen LogP) is 3.64. The highest BCUT2D eigenvalue weighted by molar-refractivity contribution is 7.18. The van der Waals surface area contributed by atoms with Gasteiger partial charge in [0.05, 0.1) is 21.8 Å². The Balaban J connectivity index is 2.07. The standard InChI is InChI=1S/C15H12N4S/c1-10-8-20-14-13(10)17-9-18-15(14)19(2)12-5-3-11(7-16)4-6-12/h3-6,8-9H,1-2H3. The third-order valence-corrected chi connectivity index (χ3v) is 4.30. The summed E-state index contributed by atoms with van der Waals surface area (Å²) in [4.78, 5) is 10.7. The van der Waals surface area contributed by atoms with E-state index in [1.807, 2.05) is 36.2 Å². The molecule has 2 heterocycles. The fourth-order valence-electron chi connectivity index (χ4n) is 2.08. The largest absolute Gasteiger partial charge is 0.328 e. The second-order valence-corrected chi connectivity index (χ2v) is 5.39. The molecule has 3 aromatic rings. The smallest absolute Gasteiger partial charge is 0.154 e. The van der Waals surface area contributed by atoms with Crippen molar-refractivity contribution in [2.45, 2.75) is 6.92 Å². The zero-order chi connectivity index (χ0) is 14.1. The Morgan fingerprint density at radius 2 is 1.95 bits per heavy atom. The monoisotopic (exact) mass is 280 g/mol. The average molecular weight is 280 g/mol. The lowest BCUT2D eigenvalue weighted by Gasteiger charge is -2.18. The maximum atomic E-state index is 8.85. The minimum absolute atomic E-state index is 0.655. The van der Waals surface area contributed by atoms with Gasteiger partial charge in [-0.25, -0.2) is 9.97 Å². The van der Waals surface area contributed by atoms with Crippen molar-refractivity contribution in [3.05, 3.63) is 47.1 Å². The first-order chi connectivity index (χ1) is 9.70. The van der Waals surface area contributed by atoms with E-state index < -0.39 is 0 Å². The van der Waals surface area contributed by atoms with Gasteiger partial charge in [-0.3, -0.25) is 0 Å². The molecule has 0 spiro atoms. The Hall–Kier alpha value is -2.45. The summed E-state index contributed by atoms with van der Waals surface area (Å²) in [7, 11) is 1.97. The van der Waals surface area contributed by atoms with Gasteiger partial charge in [0, 0.05) is 12.7 Å². The number of anilines is 2. The first kappa shape index (κ1) is 12.6. The third kappa shape index (κ3) is 2.00. The number of nitriles is 1. The highest BCUT2D eigenvalue weighted by atomic mass is 32.1. The Bertz CT molecular complexity index is 799. The second kappa shape index (κ2) is 4.91. The lowest BCUT2D eigenvalue weighted by molar-refractivity contribution is 1.11. The van der Waals surface area contributed by atoms with Crippen LogP contribution in [0.5, 0.6) is 0 Å². The molecule has 0 N–H and O–H groups in total. The van der Waals surface area contributed by atoms with E-state index in [-0.39, 0.29) is 0 Å². The van der Waals surface area contributed by atoms with Gasteiger partial charge in [0.25, 0.3) is 0 Å². The molecule has 0 amide bonds. The van der Waals surface area contributed by atoms with Crippen LogP contribution in [0, 0.1) is 18.3 Å². The minimum atomic E-state index is 0.655. The SMILES string of the molecule is Cc1csc2c(N(C)c3ccc(C#N)cc3)ncnc12. The molecule has 20 heavy (non-hydrogen) atoms. The number of thiophene rings is 1. The van der Waals surface area contributed by atoms with Crippen LogP contribution in [-0.4, -0.2) is 17.0 Å². The van der Waals surface area contributed by atoms with Crippen molar-refractivity contribution < 1.29 is 0 Å². The number of nitrogens with zero attached hydrogens (tertiary/aromatic N) is 4. The van der Waals surface area contributed by atoms with Crippen LogP contribution >= 0.6 is 11.3 Å². The Morgan fingerprint density at radius 1 is 1.20 bits per heavy atom. The lowest BCUT2D eigenvalue weighted by Crippen LogP contribution is -2.11. The fourth-order valence-corrected chi connectivity index (χ4v) is 3.10. The van der Waals surface area contributed by atoms with Crippen molar-refractivity contribution in [1.82, 2.24) is 9.97 Å². The summed E-state index contributed by atoms with van der Waals surface area (Å²) < 4.78 is 1.08. The van der Waals surface area contributed by atoms with Gasteiger partial charge in [0.2, 0.25) is 0 Å². The molecule has 4 nitrogen and oxygen atoms in total. The molecule has 0 radical (unpaired) electrons. The van der Waals surface area contributed by atoms with Crippen molar-refractivity contribution in [2.24, 2.45) is 0 Å². The molecule has 0 bridgehead atoms. The molecule has 0 aliphatic rings. The summed E-state index contributed by atoms with van der Waals surface area (Å²) in [6, 6.07) is 9.59. The van der Waals surface area contributed by atoms with Crippen molar-refractivity contribution >= 4 is 33.1 Å². The second-order valence-electron chi connectivity index (χ2n) is 4.51. The third-order valence-electron chi connectivity index (χ3n) is 3.21. The first-order valence-corrected chi connectivity index (χ1v) is 7.01. The molecule has 1 aromatic carbocycles. The maximum Gasteiger partial charge on any atom is 0.154 e. The molecular formula is C15H12N4S. The van der Waals surface area contributed by atoms with Gasteiger partial charge in [-0.05, 0) is 42.1 Å². The van der Waals surface area contributed by atoms with Gasteiger partial charge in [0.1, 0.15) is 6.33 Å². The number of rotatable bonds is 2. The summed E-state index contributed by atoms with van der Waals surface area (Å²) in [5.74, 6) is 0.887. The molecular weight excluding hydrogens is 268 g/mol. The molecule has 0 atom stereocenters. The fraction of sp³-hybridized carbons (Fsp3) is 0.133. The average Bonchev–Trinajstić information content (AvgIpc) is 2.88. The number of fused-ring (bicyclic) bond motifs is 1. The summed E-state index contributed by atoms with van der Waals surface area (Å²) >= 11 is 1.65. The molecule has 0 aliphatic carbocycles. The summed E-state index contributed by atoms with van der Waals surface area (Å²) in [5.41, 5.74) is 3.82. The highest BCUT2D eigenvalue weighted by Crippen LogP contribution is 2.33. The highest BCUT2D eigenvalue weighted by Gasteiger charge is 2.13.